The van der Waals surface area contributed by atoms with Gasteiger partial charge in [0.1, 0.15) is 0 Å². The molecule has 1 aromatic carbocycles. The molecular weight excluding hydrogens is 356 g/mol. The number of carboxylic acid groups (broad SMARTS) is 1. The molecule has 2 unspecified atom stereocenters. The molecule has 1 aromatic rings. The van der Waals surface area contributed by atoms with Crippen LogP contribution < -0.4 is 4.31 Å². The van der Waals surface area contributed by atoms with Gasteiger partial charge in [-0.2, -0.15) is 0 Å². The average Bonchev–Trinajstić information content (AvgIpc) is 2.58. The Balaban J connectivity index is 1.86. The van der Waals surface area contributed by atoms with Gasteiger partial charge in [0.05, 0.1) is 17.9 Å². The van der Waals surface area contributed by atoms with Crippen LogP contribution in [0.25, 0.3) is 0 Å². The highest BCUT2D eigenvalue weighted by atomic mass is 32.2. The Hall–Kier alpha value is -2.09. The predicted molar refractivity (Wildman–Crippen MR) is 97.8 cm³/mol. The Morgan fingerprint density at radius 2 is 1.96 bits per heavy atom. The maximum atomic E-state index is 12.9. The highest BCUT2D eigenvalue weighted by Gasteiger charge is 2.33. The Morgan fingerprint density at radius 1 is 1.23 bits per heavy atom. The normalized spacial score (nSPS) is 23.5. The van der Waals surface area contributed by atoms with Gasteiger partial charge in [-0.05, 0) is 48.9 Å². The number of aliphatic carboxylic acids is 1. The summed E-state index contributed by atoms with van der Waals surface area (Å²) in [4.78, 5) is 25.8. The molecule has 7 nitrogen and oxygen atoms in total. The molecule has 1 amide bonds. The van der Waals surface area contributed by atoms with Crippen molar-refractivity contribution in [1.29, 1.82) is 0 Å². The number of sulfonamides is 1. The summed E-state index contributed by atoms with van der Waals surface area (Å²) in [6, 6.07) is 5.08. The minimum Gasteiger partial charge on any atom is -0.481 e. The molecule has 0 saturated carbocycles. The number of rotatable bonds is 3. The second kappa shape index (κ2) is 6.90. The summed E-state index contributed by atoms with van der Waals surface area (Å²) in [5.41, 5.74) is 1.95. The van der Waals surface area contributed by atoms with E-state index >= 15 is 0 Å². The number of hydrogen-bond acceptors (Lipinski definition) is 4. The number of amides is 1. The molecule has 1 fully saturated rings. The fourth-order valence-corrected chi connectivity index (χ4v) is 4.92. The number of piperidine rings is 1. The molecule has 2 heterocycles. The molecule has 8 heteroatoms. The first kappa shape index (κ1) is 18.7. The molecule has 0 bridgehead atoms. The van der Waals surface area contributed by atoms with Crippen LogP contribution in [0.5, 0.6) is 0 Å². The number of benzene rings is 1. The fourth-order valence-electron chi connectivity index (χ4n) is 3.92. The Labute approximate surface area is 153 Å². The summed E-state index contributed by atoms with van der Waals surface area (Å²) in [7, 11) is -3.34. The van der Waals surface area contributed by atoms with E-state index in [-0.39, 0.29) is 18.4 Å². The monoisotopic (exact) mass is 380 g/mol. The van der Waals surface area contributed by atoms with Gasteiger partial charge in [0.2, 0.25) is 10.0 Å². The molecule has 0 radical (unpaired) electrons. The fraction of sp³-hybridized carbons (Fsp3) is 0.556. The lowest BCUT2D eigenvalue weighted by Gasteiger charge is -2.35. The zero-order valence-electron chi connectivity index (χ0n) is 15.0. The number of hydrogen-bond donors (Lipinski definition) is 1. The van der Waals surface area contributed by atoms with Crippen LogP contribution in [-0.2, 0) is 21.2 Å². The van der Waals surface area contributed by atoms with Gasteiger partial charge in [0, 0.05) is 25.2 Å². The number of carbonyl (C=O) groups excluding carboxylic acids is 1. The third-order valence-corrected chi connectivity index (χ3v) is 6.28. The third-order valence-electron chi connectivity index (χ3n) is 5.10. The van der Waals surface area contributed by atoms with Gasteiger partial charge in [-0.3, -0.25) is 13.9 Å². The first-order valence-corrected chi connectivity index (χ1v) is 10.6. The maximum Gasteiger partial charge on any atom is 0.308 e. The van der Waals surface area contributed by atoms with E-state index in [0.29, 0.717) is 37.2 Å². The van der Waals surface area contributed by atoms with Gasteiger partial charge in [-0.15, -0.1) is 0 Å². The van der Waals surface area contributed by atoms with Crippen molar-refractivity contribution in [1.82, 2.24) is 4.90 Å². The molecule has 0 aromatic heterocycles. The molecule has 3 rings (SSSR count). The molecule has 2 aliphatic rings. The average molecular weight is 380 g/mol. The lowest BCUT2D eigenvalue weighted by molar-refractivity contribution is -0.143. The molecule has 26 heavy (non-hydrogen) atoms. The number of anilines is 1. The smallest absolute Gasteiger partial charge is 0.308 e. The Bertz CT molecular complexity index is 836. The van der Waals surface area contributed by atoms with E-state index in [4.69, 9.17) is 0 Å². The van der Waals surface area contributed by atoms with Crippen molar-refractivity contribution < 1.29 is 23.1 Å². The lowest BCUT2D eigenvalue weighted by atomic mass is 9.90. The summed E-state index contributed by atoms with van der Waals surface area (Å²) < 4.78 is 25.3. The summed E-state index contributed by atoms with van der Waals surface area (Å²) in [6.07, 6.45) is 3.19. The SMILES string of the molecule is CC1CC(C(=O)O)CN(C(=O)c2ccc3c(c2)CCCN3S(C)(=O)=O)C1. The van der Waals surface area contributed by atoms with Crippen molar-refractivity contribution in [3.8, 4) is 0 Å². The second-order valence-electron chi connectivity index (χ2n) is 7.37. The molecule has 2 atom stereocenters. The van der Waals surface area contributed by atoms with E-state index in [0.717, 1.165) is 12.0 Å². The number of fused-ring (bicyclic) bond motifs is 1. The zero-order chi connectivity index (χ0) is 19.1. The minimum atomic E-state index is -3.34. The molecule has 0 spiro atoms. The Morgan fingerprint density at radius 3 is 2.62 bits per heavy atom. The van der Waals surface area contributed by atoms with Gasteiger partial charge in [0.15, 0.2) is 0 Å². The highest BCUT2D eigenvalue weighted by molar-refractivity contribution is 7.92. The van der Waals surface area contributed by atoms with Crippen molar-refractivity contribution >= 4 is 27.6 Å². The van der Waals surface area contributed by atoms with Crippen LogP contribution in [0, 0.1) is 11.8 Å². The van der Waals surface area contributed by atoms with Gasteiger partial charge in [0.25, 0.3) is 5.91 Å². The maximum absolute atomic E-state index is 12.9. The van der Waals surface area contributed by atoms with E-state index in [2.05, 4.69) is 0 Å². The van der Waals surface area contributed by atoms with Crippen LogP contribution in [0.4, 0.5) is 5.69 Å². The summed E-state index contributed by atoms with van der Waals surface area (Å²) in [5.74, 6) is -1.47. The van der Waals surface area contributed by atoms with Crippen LogP contribution in [0.2, 0.25) is 0 Å². The first-order valence-electron chi connectivity index (χ1n) is 8.79. The third kappa shape index (κ3) is 3.70. The van der Waals surface area contributed by atoms with Crippen molar-refractivity contribution in [2.75, 3.05) is 30.2 Å². The van der Waals surface area contributed by atoms with E-state index in [9.17, 15) is 23.1 Å². The number of nitrogens with zero attached hydrogens (tertiary/aromatic N) is 2. The molecule has 1 N–H and O–H groups in total. The van der Waals surface area contributed by atoms with Crippen LogP contribution in [0.3, 0.4) is 0 Å². The predicted octanol–water partition coefficient (Wildman–Crippen LogP) is 1.58. The van der Waals surface area contributed by atoms with Gasteiger partial charge < -0.3 is 10.0 Å². The van der Waals surface area contributed by atoms with Gasteiger partial charge in [-0.25, -0.2) is 8.42 Å². The van der Waals surface area contributed by atoms with Gasteiger partial charge >= 0.3 is 5.97 Å². The number of aryl methyl sites for hydroxylation is 1. The van der Waals surface area contributed by atoms with E-state index in [1.54, 1.807) is 23.1 Å². The van der Waals surface area contributed by atoms with E-state index in [1.165, 1.54) is 10.6 Å². The highest BCUT2D eigenvalue weighted by Crippen LogP contribution is 2.31. The summed E-state index contributed by atoms with van der Waals surface area (Å²) in [5, 5.41) is 9.29. The van der Waals surface area contributed by atoms with Crippen molar-refractivity contribution in [3.05, 3.63) is 29.3 Å². The molecule has 1 saturated heterocycles. The zero-order valence-corrected chi connectivity index (χ0v) is 15.8. The standard InChI is InChI=1S/C18H24N2O5S/c1-12-8-15(18(22)23)11-19(10-12)17(21)14-5-6-16-13(9-14)4-3-7-20(16)26(2,24)25/h5-6,9,12,15H,3-4,7-8,10-11H2,1-2H3,(H,22,23). The van der Waals surface area contributed by atoms with E-state index < -0.39 is 21.9 Å². The summed E-state index contributed by atoms with van der Waals surface area (Å²) in [6.45, 7) is 3.15. The topological polar surface area (TPSA) is 95.0 Å². The van der Waals surface area contributed by atoms with Crippen LogP contribution in [0.15, 0.2) is 18.2 Å². The first-order chi connectivity index (χ1) is 12.2. The lowest BCUT2D eigenvalue weighted by Crippen LogP contribution is -2.45. The minimum absolute atomic E-state index is 0.132. The summed E-state index contributed by atoms with van der Waals surface area (Å²) >= 11 is 0. The number of carboxylic acids is 1. The number of carbonyl (C=O) groups is 2. The van der Waals surface area contributed by atoms with Crippen molar-refractivity contribution in [3.63, 3.8) is 0 Å². The van der Waals surface area contributed by atoms with Crippen LogP contribution >= 0.6 is 0 Å². The molecule has 0 aliphatic carbocycles. The van der Waals surface area contributed by atoms with Crippen molar-refractivity contribution in [2.24, 2.45) is 11.8 Å². The number of likely N-dealkylation sites (tertiary alicyclic amines) is 1. The molecule has 142 valence electrons. The largest absolute Gasteiger partial charge is 0.481 e. The molecular formula is C18H24N2O5S. The second-order valence-corrected chi connectivity index (χ2v) is 9.28. The molecule has 2 aliphatic heterocycles. The van der Waals surface area contributed by atoms with Crippen molar-refractivity contribution in [2.45, 2.75) is 26.2 Å². The van der Waals surface area contributed by atoms with Crippen LogP contribution in [0.1, 0.15) is 35.7 Å². The Kier molecular flexibility index (Phi) is 4.96. The van der Waals surface area contributed by atoms with Gasteiger partial charge in [-0.1, -0.05) is 6.92 Å². The van der Waals surface area contributed by atoms with Crippen LogP contribution in [-0.4, -0.2) is 56.2 Å². The quantitative estimate of drug-likeness (QED) is 0.859. The van der Waals surface area contributed by atoms with E-state index in [1.807, 2.05) is 6.92 Å².